The standard InChI is InChI=1S/C22H32O4/c1-2-3-4-5-6-7-8-12-18-25-21(23)15-16-22(24)26-19-17-20-13-10-9-11-14-20/h9-11,13-16H,2-8,12,17-19H2,1H3/b16-15+. The SMILES string of the molecule is CCCCCCCCCCOC(=O)/C=C/C(=O)OCCc1ccccc1. The van der Waals surface area contributed by atoms with Crippen LogP contribution in [0.5, 0.6) is 0 Å². The van der Waals surface area contributed by atoms with E-state index in [1.54, 1.807) is 0 Å². The largest absolute Gasteiger partial charge is 0.463 e. The van der Waals surface area contributed by atoms with Crippen LogP contribution < -0.4 is 0 Å². The molecule has 0 aliphatic heterocycles. The highest BCUT2D eigenvalue weighted by Gasteiger charge is 2.01. The summed E-state index contributed by atoms with van der Waals surface area (Å²) < 4.78 is 10.1. The first-order valence-electron chi connectivity index (χ1n) is 9.78. The zero-order valence-corrected chi connectivity index (χ0v) is 16.0. The Morgan fingerprint density at radius 2 is 1.31 bits per heavy atom. The van der Waals surface area contributed by atoms with Crippen molar-refractivity contribution < 1.29 is 19.1 Å². The minimum absolute atomic E-state index is 0.292. The lowest BCUT2D eigenvalue weighted by Crippen LogP contribution is -2.07. The lowest BCUT2D eigenvalue weighted by molar-refractivity contribution is -0.140. The second-order valence-electron chi connectivity index (χ2n) is 6.38. The number of rotatable bonds is 14. The number of esters is 2. The van der Waals surface area contributed by atoms with Crippen LogP contribution in [0.4, 0.5) is 0 Å². The maximum Gasteiger partial charge on any atom is 0.331 e. The molecule has 4 heteroatoms. The van der Waals surface area contributed by atoms with Crippen LogP contribution in [-0.4, -0.2) is 25.2 Å². The molecule has 0 aliphatic carbocycles. The van der Waals surface area contributed by atoms with Gasteiger partial charge in [-0.05, 0) is 12.0 Å². The zero-order chi connectivity index (χ0) is 18.9. The molecule has 1 aromatic carbocycles. The van der Waals surface area contributed by atoms with Gasteiger partial charge in [-0.15, -0.1) is 0 Å². The van der Waals surface area contributed by atoms with Crippen molar-refractivity contribution in [2.45, 2.75) is 64.7 Å². The molecule has 0 saturated heterocycles. The molecule has 144 valence electrons. The van der Waals surface area contributed by atoms with E-state index >= 15 is 0 Å². The van der Waals surface area contributed by atoms with Crippen LogP contribution in [-0.2, 0) is 25.5 Å². The summed E-state index contributed by atoms with van der Waals surface area (Å²) in [4.78, 5) is 23.1. The average Bonchev–Trinajstić information content (AvgIpc) is 2.66. The fraction of sp³-hybridized carbons (Fsp3) is 0.545. The summed E-state index contributed by atoms with van der Waals surface area (Å²) in [5, 5.41) is 0. The molecule has 0 aliphatic rings. The fourth-order valence-corrected chi connectivity index (χ4v) is 2.56. The van der Waals surface area contributed by atoms with Gasteiger partial charge in [0.25, 0.3) is 0 Å². The molecule has 0 heterocycles. The van der Waals surface area contributed by atoms with Crippen molar-refractivity contribution in [2.24, 2.45) is 0 Å². The van der Waals surface area contributed by atoms with E-state index in [-0.39, 0.29) is 0 Å². The predicted molar refractivity (Wildman–Crippen MR) is 104 cm³/mol. The molecule has 0 bridgehead atoms. The van der Waals surface area contributed by atoms with Crippen molar-refractivity contribution in [3.05, 3.63) is 48.0 Å². The number of carbonyl (C=O) groups is 2. The highest BCUT2D eigenvalue weighted by atomic mass is 16.5. The molecule has 0 fully saturated rings. The smallest absolute Gasteiger partial charge is 0.331 e. The average molecular weight is 360 g/mol. The minimum atomic E-state index is -0.523. The van der Waals surface area contributed by atoms with Crippen LogP contribution in [0.25, 0.3) is 0 Å². The lowest BCUT2D eigenvalue weighted by Gasteiger charge is -2.03. The Labute approximate surface area is 157 Å². The summed E-state index contributed by atoms with van der Waals surface area (Å²) in [6, 6.07) is 9.79. The summed E-state index contributed by atoms with van der Waals surface area (Å²) >= 11 is 0. The van der Waals surface area contributed by atoms with Gasteiger partial charge in [0.05, 0.1) is 13.2 Å². The molecule has 26 heavy (non-hydrogen) atoms. The maximum atomic E-state index is 11.5. The van der Waals surface area contributed by atoms with Gasteiger partial charge in [-0.3, -0.25) is 0 Å². The van der Waals surface area contributed by atoms with Crippen molar-refractivity contribution >= 4 is 11.9 Å². The van der Waals surface area contributed by atoms with Crippen LogP contribution in [0, 0.1) is 0 Å². The monoisotopic (exact) mass is 360 g/mol. The molecule has 0 spiro atoms. The van der Waals surface area contributed by atoms with E-state index < -0.39 is 11.9 Å². The molecular formula is C22H32O4. The quantitative estimate of drug-likeness (QED) is 0.266. The van der Waals surface area contributed by atoms with Crippen LogP contribution in [0.3, 0.4) is 0 Å². The van der Waals surface area contributed by atoms with E-state index in [4.69, 9.17) is 9.47 Å². The summed E-state index contributed by atoms with van der Waals surface area (Å²) in [6.07, 6.45) is 12.5. The van der Waals surface area contributed by atoms with Crippen molar-refractivity contribution in [3.63, 3.8) is 0 Å². The van der Waals surface area contributed by atoms with Gasteiger partial charge in [-0.2, -0.15) is 0 Å². The van der Waals surface area contributed by atoms with E-state index in [1.165, 1.54) is 38.5 Å². The Morgan fingerprint density at radius 1 is 0.769 bits per heavy atom. The third kappa shape index (κ3) is 12.3. The summed E-state index contributed by atoms with van der Waals surface area (Å²) in [5.41, 5.74) is 1.11. The number of benzene rings is 1. The molecule has 4 nitrogen and oxygen atoms in total. The van der Waals surface area contributed by atoms with Gasteiger partial charge in [-0.1, -0.05) is 82.2 Å². The molecule has 0 radical (unpaired) electrons. The predicted octanol–water partition coefficient (Wildman–Crippen LogP) is 5.01. The zero-order valence-electron chi connectivity index (χ0n) is 16.0. The Kier molecular flexibility index (Phi) is 12.8. The second kappa shape index (κ2) is 15.2. The molecule has 0 aromatic heterocycles. The third-order valence-corrected chi connectivity index (χ3v) is 4.08. The minimum Gasteiger partial charge on any atom is -0.463 e. The summed E-state index contributed by atoms with van der Waals surface area (Å²) in [6.45, 7) is 2.91. The molecular weight excluding hydrogens is 328 g/mol. The van der Waals surface area contributed by atoms with Gasteiger partial charge in [0.1, 0.15) is 0 Å². The number of unbranched alkanes of at least 4 members (excludes halogenated alkanes) is 7. The van der Waals surface area contributed by atoms with E-state index in [1.807, 2.05) is 30.3 Å². The second-order valence-corrected chi connectivity index (χ2v) is 6.38. The van der Waals surface area contributed by atoms with E-state index in [0.717, 1.165) is 30.6 Å². The van der Waals surface area contributed by atoms with Gasteiger partial charge >= 0.3 is 11.9 Å². The number of ether oxygens (including phenoxy) is 2. The van der Waals surface area contributed by atoms with Crippen molar-refractivity contribution in [1.82, 2.24) is 0 Å². The van der Waals surface area contributed by atoms with Crippen molar-refractivity contribution in [1.29, 1.82) is 0 Å². The van der Waals surface area contributed by atoms with E-state index in [2.05, 4.69) is 6.92 Å². The van der Waals surface area contributed by atoms with Crippen LogP contribution >= 0.6 is 0 Å². The summed E-state index contributed by atoms with van der Waals surface area (Å²) in [7, 11) is 0. The van der Waals surface area contributed by atoms with Gasteiger partial charge in [0, 0.05) is 18.6 Å². The van der Waals surface area contributed by atoms with E-state index in [9.17, 15) is 9.59 Å². The van der Waals surface area contributed by atoms with Gasteiger partial charge in [-0.25, -0.2) is 9.59 Å². The Balaban J connectivity index is 1.99. The number of hydrogen-bond acceptors (Lipinski definition) is 4. The first-order valence-corrected chi connectivity index (χ1v) is 9.78. The molecule has 1 rings (SSSR count). The first kappa shape index (κ1) is 21.9. The first-order chi connectivity index (χ1) is 12.7. The topological polar surface area (TPSA) is 52.6 Å². The van der Waals surface area contributed by atoms with Crippen molar-refractivity contribution in [3.8, 4) is 0 Å². The molecule has 0 saturated carbocycles. The molecule has 0 N–H and O–H groups in total. The molecule has 0 amide bonds. The Bertz CT molecular complexity index is 522. The van der Waals surface area contributed by atoms with Gasteiger partial charge in [0.15, 0.2) is 0 Å². The van der Waals surface area contributed by atoms with Crippen molar-refractivity contribution in [2.75, 3.05) is 13.2 Å². The number of carbonyl (C=O) groups excluding carboxylic acids is 2. The molecule has 0 unspecified atom stereocenters. The maximum absolute atomic E-state index is 11.5. The Hall–Kier alpha value is -2.10. The third-order valence-electron chi connectivity index (χ3n) is 4.08. The normalized spacial score (nSPS) is 10.8. The Morgan fingerprint density at radius 3 is 1.92 bits per heavy atom. The van der Waals surface area contributed by atoms with Gasteiger partial charge < -0.3 is 9.47 Å². The molecule has 1 aromatic rings. The highest BCUT2D eigenvalue weighted by Crippen LogP contribution is 2.08. The van der Waals surface area contributed by atoms with Crippen LogP contribution in [0.15, 0.2) is 42.5 Å². The van der Waals surface area contributed by atoms with E-state index in [0.29, 0.717) is 19.6 Å². The highest BCUT2D eigenvalue weighted by molar-refractivity contribution is 5.91. The number of hydrogen-bond donors (Lipinski definition) is 0. The van der Waals surface area contributed by atoms with Crippen LogP contribution in [0.2, 0.25) is 0 Å². The lowest BCUT2D eigenvalue weighted by atomic mass is 10.1. The van der Waals surface area contributed by atoms with Gasteiger partial charge in [0.2, 0.25) is 0 Å². The summed E-state index contributed by atoms with van der Waals surface area (Å²) in [5.74, 6) is -1.02. The fourth-order valence-electron chi connectivity index (χ4n) is 2.56. The molecule has 0 atom stereocenters. The van der Waals surface area contributed by atoms with Crippen LogP contribution in [0.1, 0.15) is 63.9 Å².